The van der Waals surface area contributed by atoms with Crippen molar-refractivity contribution in [2.24, 2.45) is 4.99 Å². The fraction of sp³-hybridized carbons (Fsp3) is 0.207. The Bertz CT molecular complexity index is 1540. The first-order chi connectivity index (χ1) is 18.3. The number of aromatic nitrogens is 1. The minimum atomic E-state index is -0.394. The van der Waals surface area contributed by atoms with Crippen LogP contribution < -0.4 is 19.6 Å². The number of aryl methyl sites for hydroxylation is 1. The number of carbonyl (C=O) groups excluding carboxylic acids is 2. The normalized spacial score (nSPS) is 11.3. The van der Waals surface area contributed by atoms with Crippen molar-refractivity contribution in [3.63, 3.8) is 0 Å². The van der Waals surface area contributed by atoms with Crippen LogP contribution in [0.15, 0.2) is 71.7 Å². The number of hydrogen-bond acceptors (Lipinski definition) is 5. The molecule has 0 radical (unpaired) electrons. The van der Waals surface area contributed by atoms with Crippen LogP contribution in [0.4, 0.5) is 4.39 Å². The molecule has 0 aliphatic rings. The van der Waals surface area contributed by atoms with Gasteiger partial charge in [0.25, 0.3) is 11.8 Å². The molecule has 3 aromatic carbocycles. The summed E-state index contributed by atoms with van der Waals surface area (Å²) < 4.78 is 25.7. The molecular weight excluding hydrogens is 505 g/mol. The van der Waals surface area contributed by atoms with Gasteiger partial charge in [-0.1, -0.05) is 24.3 Å². The lowest BCUT2D eigenvalue weighted by Gasteiger charge is -2.10. The van der Waals surface area contributed by atoms with Crippen molar-refractivity contribution in [2.75, 3.05) is 14.2 Å². The van der Waals surface area contributed by atoms with E-state index in [9.17, 15) is 14.0 Å². The second kappa shape index (κ2) is 11.9. The summed E-state index contributed by atoms with van der Waals surface area (Å²) in [4.78, 5) is 31.8. The number of halogens is 1. The zero-order chi connectivity index (χ0) is 27.2. The molecule has 0 aliphatic carbocycles. The zero-order valence-electron chi connectivity index (χ0n) is 21.6. The van der Waals surface area contributed by atoms with Crippen molar-refractivity contribution in [2.45, 2.75) is 26.9 Å². The summed E-state index contributed by atoms with van der Waals surface area (Å²) in [6.07, 6.45) is 0. The van der Waals surface area contributed by atoms with Crippen molar-refractivity contribution < 1.29 is 23.5 Å². The van der Waals surface area contributed by atoms with E-state index in [2.05, 4.69) is 10.3 Å². The number of carbonyl (C=O) groups is 2. The van der Waals surface area contributed by atoms with Gasteiger partial charge in [0, 0.05) is 28.2 Å². The molecule has 38 heavy (non-hydrogen) atoms. The fourth-order valence-electron chi connectivity index (χ4n) is 3.87. The van der Waals surface area contributed by atoms with E-state index >= 15 is 0 Å². The quantitative estimate of drug-likeness (QED) is 0.344. The molecule has 4 aromatic rings. The third-order valence-electron chi connectivity index (χ3n) is 6.11. The molecule has 2 amide bonds. The van der Waals surface area contributed by atoms with Crippen LogP contribution in [0.25, 0.3) is 0 Å². The summed E-state index contributed by atoms with van der Waals surface area (Å²) in [6.45, 7) is 4.69. The SMILES string of the molecule is COc1ccc(C(=O)N=c2sc(C)c(C)n2Cc2cccc(C(=O)NCc3ccc(F)cc3)c2)cc1OC. The summed E-state index contributed by atoms with van der Waals surface area (Å²) in [5.41, 5.74) is 3.58. The van der Waals surface area contributed by atoms with Crippen LogP contribution in [0, 0.1) is 19.7 Å². The topological polar surface area (TPSA) is 81.9 Å². The maximum Gasteiger partial charge on any atom is 0.279 e. The van der Waals surface area contributed by atoms with Gasteiger partial charge in [-0.05, 0) is 67.4 Å². The van der Waals surface area contributed by atoms with Gasteiger partial charge in [-0.15, -0.1) is 11.3 Å². The molecule has 1 N–H and O–H groups in total. The van der Waals surface area contributed by atoms with E-state index in [4.69, 9.17) is 9.47 Å². The molecule has 0 aliphatic heterocycles. The molecule has 1 aromatic heterocycles. The Hall–Kier alpha value is -4.24. The monoisotopic (exact) mass is 533 g/mol. The van der Waals surface area contributed by atoms with E-state index in [1.165, 1.54) is 37.7 Å². The number of ether oxygens (including phenoxy) is 2. The first-order valence-electron chi connectivity index (χ1n) is 11.9. The number of benzene rings is 3. The van der Waals surface area contributed by atoms with Crippen LogP contribution in [-0.2, 0) is 13.1 Å². The van der Waals surface area contributed by atoms with Crippen LogP contribution >= 0.6 is 11.3 Å². The van der Waals surface area contributed by atoms with Gasteiger partial charge in [-0.3, -0.25) is 9.59 Å². The third-order valence-corrected chi connectivity index (χ3v) is 7.21. The fourth-order valence-corrected chi connectivity index (χ4v) is 4.84. The number of rotatable bonds is 8. The molecule has 7 nitrogen and oxygen atoms in total. The number of nitrogens with zero attached hydrogens (tertiary/aromatic N) is 2. The van der Waals surface area contributed by atoms with Crippen LogP contribution in [0.1, 0.15) is 42.4 Å². The van der Waals surface area contributed by atoms with Gasteiger partial charge in [0.2, 0.25) is 0 Å². The summed E-state index contributed by atoms with van der Waals surface area (Å²) in [7, 11) is 3.05. The highest BCUT2D eigenvalue weighted by molar-refractivity contribution is 7.09. The molecule has 0 bridgehead atoms. The number of methoxy groups -OCH3 is 2. The molecule has 9 heteroatoms. The van der Waals surface area contributed by atoms with Crippen molar-refractivity contribution in [1.29, 1.82) is 0 Å². The first-order valence-corrected chi connectivity index (χ1v) is 12.7. The zero-order valence-corrected chi connectivity index (χ0v) is 22.4. The molecule has 0 saturated heterocycles. The van der Waals surface area contributed by atoms with Gasteiger partial charge in [0.05, 0.1) is 20.8 Å². The van der Waals surface area contributed by atoms with Crippen molar-refractivity contribution in [1.82, 2.24) is 9.88 Å². The van der Waals surface area contributed by atoms with Gasteiger partial charge >= 0.3 is 0 Å². The molecule has 0 saturated carbocycles. The third kappa shape index (κ3) is 6.18. The van der Waals surface area contributed by atoms with E-state index in [0.717, 1.165) is 21.7 Å². The van der Waals surface area contributed by atoms with E-state index in [-0.39, 0.29) is 11.7 Å². The van der Waals surface area contributed by atoms with Gasteiger partial charge in [-0.2, -0.15) is 4.99 Å². The number of thiazole rings is 1. The Morgan fingerprint density at radius 2 is 1.66 bits per heavy atom. The molecule has 0 spiro atoms. The molecular formula is C29H28FN3O4S. The van der Waals surface area contributed by atoms with Crippen LogP contribution in [-0.4, -0.2) is 30.6 Å². The second-order valence-corrected chi connectivity index (χ2v) is 9.79. The Balaban J connectivity index is 1.55. The smallest absolute Gasteiger partial charge is 0.279 e. The highest BCUT2D eigenvalue weighted by Crippen LogP contribution is 2.27. The van der Waals surface area contributed by atoms with Crippen molar-refractivity contribution in [3.05, 3.63) is 110 Å². The van der Waals surface area contributed by atoms with Gasteiger partial charge in [-0.25, -0.2) is 4.39 Å². The Morgan fingerprint density at radius 1 is 0.921 bits per heavy atom. The number of amides is 2. The van der Waals surface area contributed by atoms with Gasteiger partial charge < -0.3 is 19.4 Å². The summed E-state index contributed by atoms with van der Waals surface area (Å²) >= 11 is 1.43. The number of nitrogens with one attached hydrogen (secondary N) is 1. The first kappa shape index (κ1) is 26.8. The summed E-state index contributed by atoms with van der Waals surface area (Å²) in [5, 5.41) is 2.87. The lowest BCUT2D eigenvalue weighted by molar-refractivity contribution is 0.0949. The Kier molecular flexibility index (Phi) is 8.38. The minimum absolute atomic E-state index is 0.229. The molecule has 4 rings (SSSR count). The largest absolute Gasteiger partial charge is 0.493 e. The van der Waals surface area contributed by atoms with E-state index in [1.54, 1.807) is 36.4 Å². The van der Waals surface area contributed by atoms with Crippen LogP contribution in [0.2, 0.25) is 0 Å². The lowest BCUT2D eigenvalue weighted by Crippen LogP contribution is -2.23. The highest BCUT2D eigenvalue weighted by atomic mass is 32.1. The van der Waals surface area contributed by atoms with Crippen molar-refractivity contribution >= 4 is 23.2 Å². The molecule has 196 valence electrons. The van der Waals surface area contributed by atoms with E-state index in [1.807, 2.05) is 36.6 Å². The van der Waals surface area contributed by atoms with Gasteiger partial charge in [0.15, 0.2) is 16.3 Å². The van der Waals surface area contributed by atoms with Crippen LogP contribution in [0.3, 0.4) is 0 Å². The molecule has 0 unspecified atom stereocenters. The minimum Gasteiger partial charge on any atom is -0.493 e. The molecule has 1 heterocycles. The van der Waals surface area contributed by atoms with E-state index in [0.29, 0.717) is 40.5 Å². The second-order valence-electron chi connectivity index (χ2n) is 8.61. The van der Waals surface area contributed by atoms with E-state index < -0.39 is 5.91 Å². The molecule has 0 atom stereocenters. The maximum absolute atomic E-state index is 13.1. The summed E-state index contributed by atoms with van der Waals surface area (Å²) in [6, 6.07) is 18.2. The maximum atomic E-state index is 13.1. The summed E-state index contributed by atoms with van der Waals surface area (Å²) in [5.74, 6) is 0.0431. The van der Waals surface area contributed by atoms with Gasteiger partial charge in [0.1, 0.15) is 5.82 Å². The van der Waals surface area contributed by atoms with Crippen molar-refractivity contribution in [3.8, 4) is 11.5 Å². The Labute approximate surface area is 224 Å². The predicted molar refractivity (Wildman–Crippen MR) is 144 cm³/mol. The Morgan fingerprint density at radius 3 is 2.37 bits per heavy atom. The highest BCUT2D eigenvalue weighted by Gasteiger charge is 2.14. The van der Waals surface area contributed by atoms with Crippen LogP contribution in [0.5, 0.6) is 11.5 Å². The standard InChI is InChI=1S/C29H28FN3O4S/c1-18-19(2)38-29(32-28(35)23-10-13-25(36-3)26(15-23)37-4)33(18)17-21-6-5-7-22(14-21)27(34)31-16-20-8-11-24(30)12-9-20/h5-15H,16-17H2,1-4H3,(H,31,34). The average Bonchev–Trinajstić information content (AvgIpc) is 3.19. The predicted octanol–water partition coefficient (Wildman–Crippen LogP) is 5.04. The molecule has 0 fully saturated rings. The number of hydrogen-bond donors (Lipinski definition) is 1. The lowest BCUT2D eigenvalue weighted by atomic mass is 10.1. The average molecular weight is 534 g/mol.